The number of nitrogens with two attached hydrogens (primary N) is 1. The number of benzene rings is 2. The molecule has 19 heavy (non-hydrogen) atoms. The fourth-order valence-corrected chi connectivity index (χ4v) is 2.01. The number of nitrogens with zero attached hydrogens (tertiary/aromatic N) is 2. The molecule has 0 saturated heterocycles. The van der Waals surface area contributed by atoms with Crippen LogP contribution in [0.2, 0.25) is 0 Å². The highest BCUT2D eigenvalue weighted by molar-refractivity contribution is 5.81. The summed E-state index contributed by atoms with van der Waals surface area (Å²) in [5, 5.41) is 8.95. The van der Waals surface area contributed by atoms with Crippen LogP contribution in [-0.2, 0) is 0 Å². The van der Waals surface area contributed by atoms with Crippen molar-refractivity contribution in [2.75, 3.05) is 5.73 Å². The third-order valence-corrected chi connectivity index (χ3v) is 2.96. The minimum Gasteiger partial charge on any atom is -0.436 e. The Hall–Kier alpha value is -2.80. The first kappa shape index (κ1) is 11.3. The number of nitrogen functional groups attached to an aromatic ring is 1. The van der Waals surface area contributed by atoms with Crippen LogP contribution in [-0.4, -0.2) is 4.98 Å². The number of hydrogen-bond acceptors (Lipinski definition) is 4. The van der Waals surface area contributed by atoms with Gasteiger partial charge in [-0.3, -0.25) is 0 Å². The lowest BCUT2D eigenvalue weighted by atomic mass is 10.1. The van der Waals surface area contributed by atoms with Gasteiger partial charge in [-0.15, -0.1) is 0 Å². The van der Waals surface area contributed by atoms with Crippen molar-refractivity contribution in [2.24, 2.45) is 0 Å². The molecule has 3 aromatic rings. The zero-order valence-electron chi connectivity index (χ0n) is 10.3. The Morgan fingerprint density at radius 2 is 1.95 bits per heavy atom. The molecule has 2 N–H and O–H groups in total. The van der Waals surface area contributed by atoms with Crippen LogP contribution < -0.4 is 5.73 Å². The van der Waals surface area contributed by atoms with E-state index in [0.717, 1.165) is 11.1 Å². The van der Waals surface area contributed by atoms with Gasteiger partial charge >= 0.3 is 0 Å². The van der Waals surface area contributed by atoms with E-state index in [9.17, 15) is 0 Å². The van der Waals surface area contributed by atoms with Crippen molar-refractivity contribution in [3.8, 4) is 17.5 Å². The molecule has 1 aromatic heterocycles. The molecule has 0 amide bonds. The van der Waals surface area contributed by atoms with Gasteiger partial charge in [0.05, 0.1) is 11.6 Å². The SMILES string of the molecule is Cc1cc(C#N)cc2nc(-c3ccc(N)cc3)oc12. The summed E-state index contributed by atoms with van der Waals surface area (Å²) in [5.74, 6) is 0.535. The summed E-state index contributed by atoms with van der Waals surface area (Å²) in [7, 11) is 0. The van der Waals surface area contributed by atoms with Crippen LogP contribution >= 0.6 is 0 Å². The molecule has 0 saturated carbocycles. The molecule has 0 atom stereocenters. The average molecular weight is 249 g/mol. The van der Waals surface area contributed by atoms with E-state index in [1.807, 2.05) is 19.1 Å². The van der Waals surface area contributed by atoms with E-state index in [1.165, 1.54) is 0 Å². The molecule has 1 heterocycles. The van der Waals surface area contributed by atoms with Crippen LogP contribution in [0.4, 0.5) is 5.69 Å². The van der Waals surface area contributed by atoms with Gasteiger partial charge in [0.1, 0.15) is 5.52 Å². The van der Waals surface area contributed by atoms with Crippen LogP contribution in [0.3, 0.4) is 0 Å². The van der Waals surface area contributed by atoms with Crippen molar-refractivity contribution < 1.29 is 4.42 Å². The van der Waals surface area contributed by atoms with Gasteiger partial charge in [0.15, 0.2) is 5.58 Å². The van der Waals surface area contributed by atoms with Crippen LogP contribution in [0.1, 0.15) is 11.1 Å². The summed E-state index contributed by atoms with van der Waals surface area (Å²) < 4.78 is 5.76. The van der Waals surface area contributed by atoms with Crippen LogP contribution in [0.5, 0.6) is 0 Å². The molecule has 2 aromatic carbocycles. The molecule has 0 bridgehead atoms. The second kappa shape index (κ2) is 4.14. The fraction of sp³-hybridized carbons (Fsp3) is 0.0667. The number of fused-ring (bicyclic) bond motifs is 1. The molecule has 0 aliphatic rings. The molecule has 92 valence electrons. The van der Waals surface area contributed by atoms with Crippen molar-refractivity contribution >= 4 is 16.8 Å². The maximum absolute atomic E-state index is 8.95. The number of rotatable bonds is 1. The zero-order chi connectivity index (χ0) is 13.4. The summed E-state index contributed by atoms with van der Waals surface area (Å²) in [5.41, 5.74) is 10.1. The molecular formula is C15H11N3O. The smallest absolute Gasteiger partial charge is 0.227 e. The summed E-state index contributed by atoms with van der Waals surface area (Å²) in [4.78, 5) is 4.42. The van der Waals surface area contributed by atoms with Gasteiger partial charge in [0.2, 0.25) is 5.89 Å². The van der Waals surface area contributed by atoms with E-state index in [4.69, 9.17) is 15.4 Å². The molecule has 0 radical (unpaired) electrons. The molecular weight excluding hydrogens is 238 g/mol. The summed E-state index contributed by atoms with van der Waals surface area (Å²) in [6.45, 7) is 1.90. The summed E-state index contributed by atoms with van der Waals surface area (Å²) in [6.07, 6.45) is 0. The maximum atomic E-state index is 8.95. The van der Waals surface area contributed by atoms with Crippen molar-refractivity contribution in [3.63, 3.8) is 0 Å². The predicted octanol–water partition coefficient (Wildman–Crippen LogP) is 3.26. The Kier molecular flexibility index (Phi) is 2.46. The third kappa shape index (κ3) is 1.91. The first-order valence-electron chi connectivity index (χ1n) is 5.84. The first-order chi connectivity index (χ1) is 9.17. The van der Waals surface area contributed by atoms with E-state index in [1.54, 1.807) is 24.3 Å². The first-order valence-corrected chi connectivity index (χ1v) is 5.84. The zero-order valence-corrected chi connectivity index (χ0v) is 10.3. The number of nitriles is 1. The van der Waals surface area contributed by atoms with Gasteiger partial charge < -0.3 is 10.2 Å². The summed E-state index contributed by atoms with van der Waals surface area (Å²) in [6, 6.07) is 13.0. The maximum Gasteiger partial charge on any atom is 0.227 e. The van der Waals surface area contributed by atoms with E-state index >= 15 is 0 Å². The molecule has 4 nitrogen and oxygen atoms in total. The van der Waals surface area contributed by atoms with Crippen molar-refractivity contribution in [2.45, 2.75) is 6.92 Å². The van der Waals surface area contributed by atoms with Crippen LogP contribution in [0.25, 0.3) is 22.6 Å². The predicted molar refractivity (Wildman–Crippen MR) is 73.3 cm³/mol. The van der Waals surface area contributed by atoms with Gasteiger partial charge in [-0.25, -0.2) is 4.98 Å². The highest BCUT2D eigenvalue weighted by Crippen LogP contribution is 2.27. The Morgan fingerprint density at radius 3 is 2.63 bits per heavy atom. The molecule has 0 aliphatic heterocycles. The topological polar surface area (TPSA) is 75.8 Å². The van der Waals surface area contributed by atoms with Gasteiger partial charge in [-0.05, 0) is 48.9 Å². The normalized spacial score (nSPS) is 10.5. The van der Waals surface area contributed by atoms with Gasteiger partial charge in [0.25, 0.3) is 0 Å². The second-order valence-electron chi connectivity index (χ2n) is 4.39. The van der Waals surface area contributed by atoms with Crippen molar-refractivity contribution in [1.29, 1.82) is 5.26 Å². The number of hydrogen-bond donors (Lipinski definition) is 1. The lowest BCUT2D eigenvalue weighted by Gasteiger charge is -1.95. The molecule has 0 aliphatic carbocycles. The Labute approximate surface area is 110 Å². The second-order valence-corrected chi connectivity index (χ2v) is 4.39. The lowest BCUT2D eigenvalue weighted by Crippen LogP contribution is -1.83. The van der Waals surface area contributed by atoms with Gasteiger partial charge in [-0.2, -0.15) is 5.26 Å². The van der Waals surface area contributed by atoms with Crippen LogP contribution in [0, 0.1) is 18.3 Å². The molecule has 4 heteroatoms. The average Bonchev–Trinajstić information content (AvgIpc) is 2.84. The Morgan fingerprint density at radius 1 is 1.21 bits per heavy atom. The standard InChI is InChI=1S/C15H11N3O/c1-9-6-10(8-16)7-13-14(9)19-15(18-13)11-2-4-12(17)5-3-11/h2-7H,17H2,1H3. The number of aryl methyl sites for hydroxylation is 1. The highest BCUT2D eigenvalue weighted by atomic mass is 16.3. The number of oxazole rings is 1. The van der Waals surface area contributed by atoms with Gasteiger partial charge in [-0.1, -0.05) is 0 Å². The van der Waals surface area contributed by atoms with E-state index in [2.05, 4.69) is 11.1 Å². The third-order valence-electron chi connectivity index (χ3n) is 2.96. The van der Waals surface area contributed by atoms with E-state index < -0.39 is 0 Å². The highest BCUT2D eigenvalue weighted by Gasteiger charge is 2.11. The minimum absolute atomic E-state index is 0.535. The molecule has 0 spiro atoms. The van der Waals surface area contributed by atoms with E-state index in [-0.39, 0.29) is 0 Å². The Balaban J connectivity index is 2.19. The minimum atomic E-state index is 0.535. The molecule has 3 rings (SSSR count). The van der Waals surface area contributed by atoms with Crippen molar-refractivity contribution in [3.05, 3.63) is 47.5 Å². The largest absolute Gasteiger partial charge is 0.436 e. The van der Waals surface area contributed by atoms with E-state index in [0.29, 0.717) is 28.2 Å². The fourth-order valence-electron chi connectivity index (χ4n) is 2.01. The lowest BCUT2D eigenvalue weighted by molar-refractivity contribution is 0.617. The summed E-state index contributed by atoms with van der Waals surface area (Å²) >= 11 is 0. The number of aromatic nitrogens is 1. The molecule has 0 unspecified atom stereocenters. The monoisotopic (exact) mass is 249 g/mol. The number of anilines is 1. The van der Waals surface area contributed by atoms with Gasteiger partial charge in [0, 0.05) is 11.3 Å². The molecule has 0 fully saturated rings. The van der Waals surface area contributed by atoms with Crippen LogP contribution in [0.15, 0.2) is 40.8 Å². The Bertz CT molecular complexity index is 795. The quantitative estimate of drug-likeness (QED) is 0.671. The van der Waals surface area contributed by atoms with Crippen molar-refractivity contribution in [1.82, 2.24) is 4.98 Å².